The molecule has 0 unspecified atom stereocenters. The molecule has 0 heterocycles. The fraction of sp³-hybridized carbons (Fsp3) is 0.588. The second-order valence-corrected chi connectivity index (χ2v) is 8.26. The molecule has 1 aliphatic rings. The summed E-state index contributed by atoms with van der Waals surface area (Å²) in [6.45, 7) is 2.70. The topological polar surface area (TPSA) is 66.5 Å². The van der Waals surface area contributed by atoms with E-state index in [1.807, 2.05) is 31.2 Å². The first-order valence-corrected chi connectivity index (χ1v) is 10.00. The molecule has 128 valence electrons. The van der Waals surface area contributed by atoms with E-state index in [9.17, 15) is 13.2 Å². The van der Waals surface area contributed by atoms with Gasteiger partial charge in [-0.1, -0.05) is 42.7 Å². The van der Waals surface area contributed by atoms with E-state index >= 15 is 0 Å². The molecule has 2 rings (SSSR count). The number of hydrogen-bond acceptors (Lipinski definition) is 3. The highest BCUT2D eigenvalue weighted by atomic mass is 32.2. The monoisotopic (exact) mass is 338 g/mol. The minimum absolute atomic E-state index is 0.0736. The Morgan fingerprint density at radius 1 is 1.30 bits per heavy atom. The number of nitrogens with zero attached hydrogens (tertiary/aromatic N) is 1. The van der Waals surface area contributed by atoms with Gasteiger partial charge in [0.2, 0.25) is 15.9 Å². The van der Waals surface area contributed by atoms with E-state index in [1.165, 1.54) is 6.26 Å². The Labute approximate surface area is 139 Å². The summed E-state index contributed by atoms with van der Waals surface area (Å²) in [5.74, 6) is -0.0736. The predicted molar refractivity (Wildman–Crippen MR) is 91.7 cm³/mol. The van der Waals surface area contributed by atoms with Crippen molar-refractivity contribution in [3.05, 3.63) is 35.4 Å². The summed E-state index contributed by atoms with van der Waals surface area (Å²) in [4.78, 5) is 12.0. The van der Waals surface area contributed by atoms with Gasteiger partial charge in [-0.2, -0.15) is 4.31 Å². The molecule has 0 radical (unpaired) electrons. The Kier molecular flexibility index (Phi) is 6.18. The molecule has 23 heavy (non-hydrogen) atoms. The SMILES string of the molecule is Cc1cccc(CC(=O)NCCN(C2CCCC2)S(C)(=O)=O)c1. The Morgan fingerprint density at radius 3 is 2.61 bits per heavy atom. The van der Waals surface area contributed by atoms with Crippen LogP contribution in [-0.2, 0) is 21.2 Å². The number of rotatable bonds is 7. The largest absolute Gasteiger partial charge is 0.354 e. The predicted octanol–water partition coefficient (Wildman–Crippen LogP) is 1.86. The first-order valence-electron chi connectivity index (χ1n) is 8.15. The number of carbonyl (C=O) groups is 1. The highest BCUT2D eigenvalue weighted by molar-refractivity contribution is 7.88. The third kappa shape index (κ3) is 5.62. The summed E-state index contributed by atoms with van der Waals surface area (Å²) in [6, 6.07) is 7.93. The summed E-state index contributed by atoms with van der Waals surface area (Å²) in [6.07, 6.45) is 5.57. The van der Waals surface area contributed by atoms with Crippen LogP contribution in [0.1, 0.15) is 36.8 Å². The van der Waals surface area contributed by atoms with Crippen LogP contribution in [0.4, 0.5) is 0 Å². The highest BCUT2D eigenvalue weighted by Crippen LogP contribution is 2.24. The minimum atomic E-state index is -3.23. The first kappa shape index (κ1) is 17.9. The summed E-state index contributed by atoms with van der Waals surface area (Å²) < 4.78 is 25.4. The molecule has 1 amide bonds. The molecule has 6 heteroatoms. The second kappa shape index (κ2) is 7.93. The fourth-order valence-corrected chi connectivity index (χ4v) is 4.36. The number of sulfonamides is 1. The Bertz CT molecular complexity index is 637. The number of benzene rings is 1. The average Bonchev–Trinajstić information content (AvgIpc) is 2.95. The van der Waals surface area contributed by atoms with E-state index in [0.717, 1.165) is 36.8 Å². The fourth-order valence-electron chi connectivity index (χ4n) is 3.19. The van der Waals surface area contributed by atoms with Gasteiger partial charge in [0, 0.05) is 19.1 Å². The minimum Gasteiger partial charge on any atom is -0.354 e. The Morgan fingerprint density at radius 2 is 2.00 bits per heavy atom. The molecule has 1 aromatic carbocycles. The lowest BCUT2D eigenvalue weighted by Gasteiger charge is -2.26. The van der Waals surface area contributed by atoms with Crippen LogP contribution in [-0.4, -0.2) is 44.0 Å². The smallest absolute Gasteiger partial charge is 0.224 e. The van der Waals surface area contributed by atoms with Gasteiger partial charge in [0.1, 0.15) is 0 Å². The van der Waals surface area contributed by atoms with Gasteiger partial charge in [0.05, 0.1) is 12.7 Å². The van der Waals surface area contributed by atoms with Crippen molar-refractivity contribution in [2.75, 3.05) is 19.3 Å². The summed E-state index contributed by atoms with van der Waals surface area (Å²) in [5.41, 5.74) is 2.10. The van der Waals surface area contributed by atoms with Crippen LogP contribution in [0.5, 0.6) is 0 Å². The summed E-state index contributed by atoms with van der Waals surface area (Å²) >= 11 is 0. The van der Waals surface area contributed by atoms with Crippen molar-refractivity contribution in [2.45, 2.75) is 45.1 Å². The first-order chi connectivity index (χ1) is 10.9. The number of aryl methyl sites for hydroxylation is 1. The maximum absolute atomic E-state index is 12.0. The molecule has 0 aliphatic heterocycles. The van der Waals surface area contributed by atoms with E-state index in [1.54, 1.807) is 4.31 Å². The molecule has 0 saturated heterocycles. The van der Waals surface area contributed by atoms with Crippen molar-refractivity contribution in [1.29, 1.82) is 0 Å². The molecule has 0 atom stereocenters. The normalized spacial score (nSPS) is 16.0. The van der Waals surface area contributed by atoms with Crippen molar-refractivity contribution in [3.8, 4) is 0 Å². The zero-order valence-corrected chi connectivity index (χ0v) is 14.7. The highest BCUT2D eigenvalue weighted by Gasteiger charge is 2.28. The van der Waals surface area contributed by atoms with Crippen molar-refractivity contribution in [1.82, 2.24) is 9.62 Å². The van der Waals surface area contributed by atoms with Crippen molar-refractivity contribution in [2.24, 2.45) is 0 Å². The number of nitrogens with one attached hydrogen (secondary N) is 1. The van der Waals surface area contributed by atoms with Crippen LogP contribution in [0.3, 0.4) is 0 Å². The molecule has 1 N–H and O–H groups in total. The van der Waals surface area contributed by atoms with E-state index in [0.29, 0.717) is 19.5 Å². The van der Waals surface area contributed by atoms with E-state index in [4.69, 9.17) is 0 Å². The van der Waals surface area contributed by atoms with Gasteiger partial charge in [-0.05, 0) is 25.3 Å². The van der Waals surface area contributed by atoms with Gasteiger partial charge in [-0.3, -0.25) is 4.79 Å². The lowest BCUT2D eigenvalue weighted by molar-refractivity contribution is -0.120. The van der Waals surface area contributed by atoms with Crippen LogP contribution in [0.25, 0.3) is 0 Å². The maximum Gasteiger partial charge on any atom is 0.224 e. The van der Waals surface area contributed by atoms with Crippen LogP contribution in [0.15, 0.2) is 24.3 Å². The molecule has 1 saturated carbocycles. The Balaban J connectivity index is 1.83. The standard InChI is InChI=1S/C17H26N2O3S/c1-14-6-5-7-15(12-14)13-17(20)18-10-11-19(23(2,21)22)16-8-3-4-9-16/h5-7,12,16H,3-4,8-11,13H2,1-2H3,(H,18,20). The van der Waals surface area contributed by atoms with Gasteiger partial charge in [0.15, 0.2) is 0 Å². The Hall–Kier alpha value is -1.40. The van der Waals surface area contributed by atoms with Gasteiger partial charge in [-0.25, -0.2) is 8.42 Å². The zero-order chi connectivity index (χ0) is 16.9. The van der Waals surface area contributed by atoms with Crippen LogP contribution < -0.4 is 5.32 Å². The van der Waals surface area contributed by atoms with Gasteiger partial charge in [0.25, 0.3) is 0 Å². The number of amides is 1. The molecular formula is C17H26N2O3S. The molecule has 0 aromatic heterocycles. The van der Waals surface area contributed by atoms with Crippen molar-refractivity contribution < 1.29 is 13.2 Å². The van der Waals surface area contributed by atoms with Crippen LogP contribution in [0, 0.1) is 6.92 Å². The molecule has 1 aromatic rings. The summed E-state index contributed by atoms with van der Waals surface area (Å²) in [5, 5.41) is 2.83. The number of carbonyl (C=O) groups excluding carboxylic acids is 1. The lowest BCUT2D eigenvalue weighted by atomic mass is 10.1. The molecule has 0 spiro atoms. The van der Waals surface area contributed by atoms with E-state index in [2.05, 4.69) is 5.32 Å². The van der Waals surface area contributed by atoms with Gasteiger partial charge in [-0.15, -0.1) is 0 Å². The third-order valence-electron chi connectivity index (χ3n) is 4.26. The molecule has 5 nitrogen and oxygen atoms in total. The van der Waals surface area contributed by atoms with E-state index in [-0.39, 0.29) is 11.9 Å². The number of hydrogen-bond donors (Lipinski definition) is 1. The molecule has 1 fully saturated rings. The third-order valence-corrected chi connectivity index (χ3v) is 5.59. The maximum atomic E-state index is 12.0. The molecule has 1 aliphatic carbocycles. The molecular weight excluding hydrogens is 312 g/mol. The molecule has 0 bridgehead atoms. The second-order valence-electron chi connectivity index (χ2n) is 6.33. The van der Waals surface area contributed by atoms with Crippen LogP contribution in [0.2, 0.25) is 0 Å². The van der Waals surface area contributed by atoms with Crippen LogP contribution >= 0.6 is 0 Å². The quantitative estimate of drug-likeness (QED) is 0.825. The van der Waals surface area contributed by atoms with Crippen molar-refractivity contribution in [3.63, 3.8) is 0 Å². The zero-order valence-electron chi connectivity index (χ0n) is 13.9. The lowest BCUT2D eigenvalue weighted by Crippen LogP contribution is -2.43. The van der Waals surface area contributed by atoms with Crippen molar-refractivity contribution >= 4 is 15.9 Å². The average molecular weight is 338 g/mol. The summed E-state index contributed by atoms with van der Waals surface area (Å²) in [7, 11) is -3.23. The van der Waals surface area contributed by atoms with E-state index < -0.39 is 10.0 Å². The van der Waals surface area contributed by atoms with Gasteiger partial charge >= 0.3 is 0 Å². The van der Waals surface area contributed by atoms with Gasteiger partial charge < -0.3 is 5.32 Å².